The third-order valence-corrected chi connectivity index (χ3v) is 4.52. The molecule has 1 fully saturated rings. The number of carbonyl (C=O) groups is 5. The van der Waals surface area contributed by atoms with Crippen LogP contribution in [0.5, 0.6) is 0 Å². The van der Waals surface area contributed by atoms with Gasteiger partial charge in [0.15, 0.2) is 0 Å². The van der Waals surface area contributed by atoms with Crippen molar-refractivity contribution in [1.82, 2.24) is 4.90 Å². The van der Waals surface area contributed by atoms with Crippen LogP contribution in [0.15, 0.2) is 0 Å². The molecule has 31 heavy (non-hydrogen) atoms. The lowest BCUT2D eigenvalue weighted by Gasteiger charge is -2.37. The Kier molecular flexibility index (Phi) is 7.46. The Labute approximate surface area is 179 Å². The Hall–Kier alpha value is -2.73. The number of carbonyl (C=O) groups excluding carboxylic acids is 3. The fourth-order valence-corrected chi connectivity index (χ4v) is 3.11. The van der Waals surface area contributed by atoms with Crippen LogP contribution in [0, 0.1) is 17.3 Å². The second-order valence-electron chi connectivity index (χ2n) is 9.44. The number of amides is 1. The molecule has 6 N–H and O–H groups in total. The molecule has 12 nitrogen and oxygen atoms in total. The van der Waals surface area contributed by atoms with Crippen molar-refractivity contribution in [2.45, 2.75) is 58.9 Å². The largest absolute Gasteiger partial charge is 0.481 e. The van der Waals surface area contributed by atoms with E-state index in [1.165, 1.54) is 41.5 Å². The van der Waals surface area contributed by atoms with Crippen molar-refractivity contribution in [3.8, 4) is 0 Å². The Morgan fingerprint density at radius 1 is 0.806 bits per heavy atom. The van der Waals surface area contributed by atoms with Gasteiger partial charge < -0.3 is 36.1 Å². The number of esters is 2. The topological polar surface area (TPSA) is 200 Å². The van der Waals surface area contributed by atoms with E-state index >= 15 is 0 Å². The van der Waals surface area contributed by atoms with Crippen LogP contribution >= 0.6 is 0 Å². The van der Waals surface area contributed by atoms with Crippen LogP contribution in [-0.4, -0.2) is 75.4 Å². The fourth-order valence-electron chi connectivity index (χ4n) is 3.11. The molecule has 0 aliphatic carbocycles. The van der Waals surface area contributed by atoms with Crippen molar-refractivity contribution >= 4 is 29.8 Å². The number of nitrogens with zero attached hydrogens (tertiary/aromatic N) is 1. The van der Waals surface area contributed by atoms with Crippen LogP contribution in [0.4, 0.5) is 0 Å². The molecule has 0 spiro atoms. The summed E-state index contributed by atoms with van der Waals surface area (Å²) in [6.45, 7) is 7.84. The molecule has 0 aromatic heterocycles. The minimum Gasteiger partial charge on any atom is -0.481 e. The van der Waals surface area contributed by atoms with Gasteiger partial charge in [0, 0.05) is 13.1 Å². The van der Waals surface area contributed by atoms with Gasteiger partial charge in [-0.2, -0.15) is 0 Å². The second kappa shape index (κ2) is 8.79. The van der Waals surface area contributed by atoms with Crippen LogP contribution in [0.25, 0.3) is 0 Å². The molecule has 1 aliphatic heterocycles. The first kappa shape index (κ1) is 26.3. The maximum Gasteiger partial charge on any atom is 0.336 e. The van der Waals surface area contributed by atoms with Crippen LogP contribution < -0.4 is 11.5 Å². The number of carboxylic acid groups (broad SMARTS) is 2. The monoisotopic (exact) mass is 445 g/mol. The lowest BCUT2D eigenvalue weighted by molar-refractivity contribution is -0.191. The summed E-state index contributed by atoms with van der Waals surface area (Å²) in [7, 11) is 0. The van der Waals surface area contributed by atoms with Crippen molar-refractivity contribution in [2.75, 3.05) is 13.1 Å². The zero-order valence-corrected chi connectivity index (χ0v) is 18.5. The second-order valence-corrected chi connectivity index (χ2v) is 9.44. The lowest BCUT2D eigenvalue weighted by Crippen LogP contribution is -2.67. The standard InChI is InChI=1S/C19H31N3O9/c1-17(2,3)30-15(28)19(13(20)21,16(29)31-18(4,5)6)14(27)22-7-9(11(23)24)10(8-22)12(25)26/h9-10,13H,7-8,20-21H2,1-6H3,(H,23,24)(H,25,26). The SMILES string of the molecule is CC(C)(C)OC(=O)C(C(=O)OC(C)(C)C)(C(=O)N1CC(C(=O)O)C(C(=O)O)C1)C(N)N. The summed E-state index contributed by atoms with van der Waals surface area (Å²) in [4.78, 5) is 63.4. The Bertz CT molecular complexity index is 715. The van der Waals surface area contributed by atoms with E-state index in [2.05, 4.69) is 0 Å². The summed E-state index contributed by atoms with van der Waals surface area (Å²) < 4.78 is 10.5. The number of nitrogens with two attached hydrogens (primary N) is 2. The highest BCUT2D eigenvalue weighted by molar-refractivity contribution is 6.20. The van der Waals surface area contributed by atoms with Crippen molar-refractivity contribution in [2.24, 2.45) is 28.7 Å². The minimum absolute atomic E-state index is 0.564. The number of likely N-dealkylation sites (tertiary alicyclic amines) is 1. The molecule has 1 rings (SSSR count). The number of aliphatic carboxylic acids is 2. The van der Waals surface area contributed by atoms with Crippen LogP contribution in [-0.2, 0) is 33.4 Å². The van der Waals surface area contributed by atoms with Gasteiger partial charge in [0.05, 0.1) is 18.0 Å². The first-order chi connectivity index (χ1) is 13.8. The van der Waals surface area contributed by atoms with Crippen molar-refractivity contribution < 1.29 is 43.7 Å². The molecular weight excluding hydrogens is 414 g/mol. The molecule has 0 aromatic rings. The maximum atomic E-state index is 13.5. The van der Waals surface area contributed by atoms with Gasteiger partial charge >= 0.3 is 23.9 Å². The van der Waals surface area contributed by atoms with E-state index in [4.69, 9.17) is 20.9 Å². The third-order valence-electron chi connectivity index (χ3n) is 4.52. The predicted octanol–water partition coefficient (Wildman–Crippen LogP) is -0.856. The van der Waals surface area contributed by atoms with E-state index in [0.29, 0.717) is 0 Å². The Morgan fingerprint density at radius 2 is 1.13 bits per heavy atom. The first-order valence-corrected chi connectivity index (χ1v) is 9.57. The van der Waals surface area contributed by atoms with Crippen molar-refractivity contribution in [3.05, 3.63) is 0 Å². The average molecular weight is 445 g/mol. The number of hydrogen-bond donors (Lipinski definition) is 4. The smallest absolute Gasteiger partial charge is 0.336 e. The van der Waals surface area contributed by atoms with Crippen molar-refractivity contribution in [3.63, 3.8) is 0 Å². The molecule has 0 aromatic carbocycles. The molecule has 0 bridgehead atoms. The molecule has 2 atom stereocenters. The van der Waals surface area contributed by atoms with Crippen LogP contribution in [0.1, 0.15) is 41.5 Å². The third kappa shape index (κ3) is 5.70. The lowest BCUT2D eigenvalue weighted by atomic mass is 9.82. The Balaban J connectivity index is 3.56. The average Bonchev–Trinajstić information content (AvgIpc) is 2.97. The first-order valence-electron chi connectivity index (χ1n) is 9.57. The van der Waals surface area contributed by atoms with E-state index in [1.54, 1.807) is 0 Å². The number of carboxylic acids is 2. The van der Waals surface area contributed by atoms with E-state index in [-0.39, 0.29) is 0 Å². The van der Waals surface area contributed by atoms with Crippen LogP contribution in [0.3, 0.4) is 0 Å². The van der Waals surface area contributed by atoms with E-state index in [9.17, 15) is 34.2 Å². The maximum absolute atomic E-state index is 13.5. The summed E-state index contributed by atoms with van der Waals surface area (Å²) in [5.74, 6) is -9.82. The highest BCUT2D eigenvalue weighted by atomic mass is 16.6. The van der Waals surface area contributed by atoms with Gasteiger partial charge in [0.1, 0.15) is 11.2 Å². The van der Waals surface area contributed by atoms with E-state index in [1.807, 2.05) is 0 Å². The van der Waals surface area contributed by atoms with Gasteiger partial charge in [-0.05, 0) is 41.5 Å². The van der Waals surface area contributed by atoms with E-state index in [0.717, 1.165) is 4.90 Å². The highest BCUT2D eigenvalue weighted by Gasteiger charge is 2.63. The van der Waals surface area contributed by atoms with Gasteiger partial charge in [-0.1, -0.05) is 0 Å². The van der Waals surface area contributed by atoms with Gasteiger partial charge in [-0.25, -0.2) is 0 Å². The normalized spacial score (nSPS) is 19.8. The molecule has 1 saturated heterocycles. The molecule has 1 amide bonds. The fraction of sp³-hybridized carbons (Fsp3) is 0.737. The zero-order chi connectivity index (χ0) is 24.5. The molecule has 176 valence electrons. The Morgan fingerprint density at radius 3 is 1.35 bits per heavy atom. The molecule has 1 aliphatic rings. The highest BCUT2D eigenvalue weighted by Crippen LogP contribution is 2.34. The number of ether oxygens (including phenoxy) is 2. The predicted molar refractivity (Wildman–Crippen MR) is 105 cm³/mol. The molecule has 2 unspecified atom stereocenters. The van der Waals surface area contributed by atoms with Gasteiger partial charge in [0.2, 0.25) is 0 Å². The summed E-state index contributed by atoms with van der Waals surface area (Å²) in [6.07, 6.45) is -1.92. The molecule has 12 heteroatoms. The zero-order valence-electron chi connectivity index (χ0n) is 18.5. The van der Waals surface area contributed by atoms with Gasteiger partial charge in [-0.15, -0.1) is 0 Å². The van der Waals surface area contributed by atoms with E-state index < -0.39 is 77.5 Å². The summed E-state index contributed by atoms with van der Waals surface area (Å²) in [5.41, 5.74) is 6.38. The summed E-state index contributed by atoms with van der Waals surface area (Å²) >= 11 is 0. The quantitative estimate of drug-likeness (QED) is 0.225. The summed E-state index contributed by atoms with van der Waals surface area (Å²) in [5, 5.41) is 18.7. The molecular formula is C19H31N3O9. The molecule has 0 radical (unpaired) electrons. The summed E-state index contributed by atoms with van der Waals surface area (Å²) in [6, 6.07) is 0. The van der Waals surface area contributed by atoms with Gasteiger partial charge in [-0.3, -0.25) is 24.0 Å². The van der Waals surface area contributed by atoms with Gasteiger partial charge in [0.25, 0.3) is 11.3 Å². The van der Waals surface area contributed by atoms with Crippen LogP contribution in [0.2, 0.25) is 0 Å². The minimum atomic E-state index is -2.86. The van der Waals surface area contributed by atoms with Crippen molar-refractivity contribution in [1.29, 1.82) is 0 Å². The number of rotatable bonds is 6. The molecule has 1 heterocycles. The molecule has 0 saturated carbocycles. The number of hydrogen-bond acceptors (Lipinski definition) is 9.